The van der Waals surface area contributed by atoms with Crippen LogP contribution < -0.4 is 9.47 Å². The van der Waals surface area contributed by atoms with Crippen molar-refractivity contribution in [3.63, 3.8) is 0 Å². The van der Waals surface area contributed by atoms with Gasteiger partial charge in [0.05, 0.1) is 14.2 Å². The molecule has 1 saturated heterocycles. The smallest absolute Gasteiger partial charge is 0.282 e. The minimum Gasteiger partial charge on any atom is -0.493 e. The van der Waals surface area contributed by atoms with Crippen LogP contribution in [0.15, 0.2) is 12.1 Å². The minimum atomic E-state index is -0.0740. The van der Waals surface area contributed by atoms with Crippen LogP contribution in [0.3, 0.4) is 0 Å². The van der Waals surface area contributed by atoms with E-state index < -0.39 is 0 Å². The number of carbonyl (C=O) groups excluding carboxylic acids is 2. The van der Waals surface area contributed by atoms with E-state index >= 15 is 0 Å². The summed E-state index contributed by atoms with van der Waals surface area (Å²) in [4.78, 5) is 27.1. The monoisotopic (exact) mass is 338 g/mol. The zero-order valence-electron chi connectivity index (χ0n) is 13.9. The van der Waals surface area contributed by atoms with Gasteiger partial charge in [-0.15, -0.1) is 0 Å². The molecule has 1 fully saturated rings. The molecule has 23 heavy (non-hydrogen) atoms. The number of thioether (sulfide) groups is 1. The van der Waals surface area contributed by atoms with E-state index in [0.717, 1.165) is 16.9 Å². The second kappa shape index (κ2) is 7.59. The summed E-state index contributed by atoms with van der Waals surface area (Å²) in [7, 11) is 4.92. The Labute approximate surface area is 140 Å². The number of amides is 2. The Kier molecular flexibility index (Phi) is 5.76. The van der Waals surface area contributed by atoms with E-state index in [1.807, 2.05) is 19.1 Å². The van der Waals surface area contributed by atoms with E-state index in [0.29, 0.717) is 24.6 Å². The molecule has 1 aromatic rings. The molecule has 2 rings (SSSR count). The lowest BCUT2D eigenvalue weighted by molar-refractivity contribution is -0.130. The van der Waals surface area contributed by atoms with Gasteiger partial charge in [-0.25, -0.2) is 0 Å². The van der Waals surface area contributed by atoms with E-state index in [1.165, 1.54) is 11.8 Å². The largest absolute Gasteiger partial charge is 0.493 e. The van der Waals surface area contributed by atoms with Crippen molar-refractivity contribution in [2.45, 2.75) is 13.5 Å². The summed E-state index contributed by atoms with van der Waals surface area (Å²) in [6.07, 6.45) is 0. The van der Waals surface area contributed by atoms with Crippen molar-refractivity contribution in [2.24, 2.45) is 0 Å². The highest BCUT2D eigenvalue weighted by Gasteiger charge is 2.24. The van der Waals surface area contributed by atoms with Gasteiger partial charge >= 0.3 is 0 Å². The molecule has 0 N–H and O–H groups in total. The molecule has 0 atom stereocenters. The molecule has 0 saturated carbocycles. The Morgan fingerprint density at radius 1 is 1.30 bits per heavy atom. The molecule has 2 amide bonds. The van der Waals surface area contributed by atoms with Gasteiger partial charge in [-0.1, -0.05) is 11.8 Å². The maximum atomic E-state index is 12.3. The number of hydrogen-bond acceptors (Lipinski definition) is 5. The molecule has 0 unspecified atom stereocenters. The molecule has 1 aliphatic rings. The van der Waals surface area contributed by atoms with Gasteiger partial charge in [0, 0.05) is 25.9 Å². The number of likely N-dealkylation sites (N-methyl/N-ethyl adjacent to an activating group) is 1. The average molecular weight is 338 g/mol. The fourth-order valence-electron chi connectivity index (χ4n) is 2.39. The Balaban J connectivity index is 2.05. The number of ether oxygens (including phenoxy) is 2. The normalized spacial score (nSPS) is 14.1. The first-order valence-electron chi connectivity index (χ1n) is 7.33. The van der Waals surface area contributed by atoms with Crippen molar-refractivity contribution < 1.29 is 19.1 Å². The third-order valence-corrected chi connectivity index (χ3v) is 4.74. The van der Waals surface area contributed by atoms with Gasteiger partial charge in [-0.2, -0.15) is 0 Å². The van der Waals surface area contributed by atoms with E-state index in [2.05, 4.69) is 0 Å². The molecule has 1 aromatic carbocycles. The van der Waals surface area contributed by atoms with Gasteiger partial charge < -0.3 is 19.3 Å². The van der Waals surface area contributed by atoms with Crippen LogP contribution in [-0.4, -0.2) is 61.1 Å². The maximum absolute atomic E-state index is 12.3. The van der Waals surface area contributed by atoms with Crippen molar-refractivity contribution in [1.82, 2.24) is 9.80 Å². The van der Waals surface area contributed by atoms with Gasteiger partial charge in [0.2, 0.25) is 5.91 Å². The molecular weight excluding hydrogens is 316 g/mol. The number of aryl methyl sites for hydroxylation is 1. The van der Waals surface area contributed by atoms with Crippen LogP contribution in [0.2, 0.25) is 0 Å². The van der Waals surface area contributed by atoms with E-state index in [1.54, 1.807) is 31.1 Å². The molecule has 1 aliphatic heterocycles. The molecule has 0 radical (unpaired) electrons. The highest BCUT2D eigenvalue weighted by Crippen LogP contribution is 2.30. The number of nitrogens with zero attached hydrogens (tertiary/aromatic N) is 2. The number of hydrogen-bond donors (Lipinski definition) is 0. The van der Waals surface area contributed by atoms with Crippen molar-refractivity contribution >= 4 is 22.9 Å². The fourth-order valence-corrected chi connectivity index (χ4v) is 3.21. The summed E-state index contributed by atoms with van der Waals surface area (Å²) in [5.74, 6) is 1.99. The molecule has 126 valence electrons. The summed E-state index contributed by atoms with van der Waals surface area (Å²) in [6, 6.07) is 3.78. The van der Waals surface area contributed by atoms with Crippen LogP contribution in [0.5, 0.6) is 11.5 Å². The minimum absolute atomic E-state index is 0.0194. The van der Waals surface area contributed by atoms with Crippen LogP contribution >= 0.6 is 11.8 Å². The van der Waals surface area contributed by atoms with E-state index in [-0.39, 0.29) is 17.7 Å². The lowest BCUT2D eigenvalue weighted by Gasteiger charge is -2.22. The zero-order valence-corrected chi connectivity index (χ0v) is 14.7. The van der Waals surface area contributed by atoms with Crippen LogP contribution in [-0.2, 0) is 11.3 Å². The summed E-state index contributed by atoms with van der Waals surface area (Å²) < 4.78 is 10.6. The lowest BCUT2D eigenvalue weighted by atomic mass is 10.1. The van der Waals surface area contributed by atoms with E-state index in [4.69, 9.17) is 9.47 Å². The molecular formula is C16H22N2O4S. The predicted molar refractivity (Wildman–Crippen MR) is 90.2 cm³/mol. The number of benzene rings is 1. The quantitative estimate of drug-likeness (QED) is 0.795. The first-order valence-corrected chi connectivity index (χ1v) is 8.32. The first-order chi connectivity index (χ1) is 11.0. The van der Waals surface area contributed by atoms with Gasteiger partial charge in [0.25, 0.3) is 5.24 Å². The molecule has 0 bridgehead atoms. The molecule has 0 aliphatic carbocycles. The Morgan fingerprint density at radius 2 is 1.96 bits per heavy atom. The van der Waals surface area contributed by atoms with Gasteiger partial charge in [-0.05, 0) is 30.2 Å². The summed E-state index contributed by atoms with van der Waals surface area (Å²) in [5.41, 5.74) is 2.01. The van der Waals surface area contributed by atoms with Crippen molar-refractivity contribution in [2.75, 3.05) is 40.1 Å². The van der Waals surface area contributed by atoms with Crippen molar-refractivity contribution in [3.05, 3.63) is 23.3 Å². The SMILES string of the molecule is COc1cc(C)c(CN(C)C(=O)CN2CCSC2=O)cc1OC. The first kappa shape index (κ1) is 17.5. The second-order valence-electron chi connectivity index (χ2n) is 5.42. The van der Waals surface area contributed by atoms with Gasteiger partial charge in [-0.3, -0.25) is 9.59 Å². The lowest BCUT2D eigenvalue weighted by Crippen LogP contribution is -2.38. The van der Waals surface area contributed by atoms with Crippen molar-refractivity contribution in [1.29, 1.82) is 0 Å². The highest BCUT2D eigenvalue weighted by atomic mass is 32.2. The zero-order chi connectivity index (χ0) is 17.0. The number of rotatable bonds is 6. The maximum Gasteiger partial charge on any atom is 0.282 e. The van der Waals surface area contributed by atoms with Crippen LogP contribution in [0.4, 0.5) is 4.79 Å². The molecule has 0 spiro atoms. The topological polar surface area (TPSA) is 59.1 Å². The molecule has 6 nitrogen and oxygen atoms in total. The number of carbonyl (C=O) groups is 2. The standard InChI is InChI=1S/C16H22N2O4S/c1-11-7-13(21-3)14(22-4)8-12(11)9-17(2)15(19)10-18-5-6-23-16(18)20/h7-8H,5-6,9-10H2,1-4H3. The summed E-state index contributed by atoms with van der Waals surface area (Å²) in [6.45, 7) is 3.20. The van der Waals surface area contributed by atoms with Gasteiger partial charge in [0.15, 0.2) is 11.5 Å². The van der Waals surface area contributed by atoms with E-state index in [9.17, 15) is 9.59 Å². The molecule has 7 heteroatoms. The second-order valence-corrected chi connectivity index (χ2v) is 6.47. The van der Waals surface area contributed by atoms with Gasteiger partial charge in [0.1, 0.15) is 6.54 Å². The van der Waals surface area contributed by atoms with Crippen LogP contribution in [0, 0.1) is 6.92 Å². The third kappa shape index (κ3) is 4.10. The van der Waals surface area contributed by atoms with Crippen LogP contribution in [0.25, 0.3) is 0 Å². The Bertz CT molecular complexity index is 606. The predicted octanol–water partition coefficient (Wildman–Crippen LogP) is 2.14. The molecule has 1 heterocycles. The number of methoxy groups -OCH3 is 2. The summed E-state index contributed by atoms with van der Waals surface area (Å²) >= 11 is 1.26. The fraction of sp³-hybridized carbons (Fsp3) is 0.500. The third-order valence-electron chi connectivity index (χ3n) is 3.85. The average Bonchev–Trinajstić information content (AvgIpc) is 2.93. The Hall–Kier alpha value is -1.89. The summed E-state index contributed by atoms with van der Waals surface area (Å²) in [5, 5.41) is -0.0194. The van der Waals surface area contributed by atoms with Crippen LogP contribution in [0.1, 0.15) is 11.1 Å². The molecule has 0 aromatic heterocycles. The highest BCUT2D eigenvalue weighted by molar-refractivity contribution is 8.13. The van der Waals surface area contributed by atoms with Crippen molar-refractivity contribution in [3.8, 4) is 11.5 Å². The Morgan fingerprint density at radius 3 is 2.52 bits per heavy atom.